The Kier molecular flexibility index (Phi) is 5.75. The monoisotopic (exact) mass is 273 g/mol. The number of nitrogens with two attached hydrogens (primary N) is 2. The van der Waals surface area contributed by atoms with E-state index < -0.39 is 5.91 Å². The van der Waals surface area contributed by atoms with Crippen molar-refractivity contribution in [1.82, 2.24) is 4.90 Å². The Labute approximate surface area is 118 Å². The van der Waals surface area contributed by atoms with Gasteiger partial charge in [0.2, 0.25) is 5.91 Å². The number of primary amides is 1. The molecular weight excluding hydrogens is 254 g/mol. The number of carbonyl (C=O) groups is 2. The summed E-state index contributed by atoms with van der Waals surface area (Å²) in [5, 5.41) is 0. The minimum Gasteiger partial charge on any atom is -0.368 e. The van der Waals surface area contributed by atoms with Crippen molar-refractivity contribution in [3.05, 3.63) is 35.4 Å². The average Bonchev–Trinajstić information content (AvgIpc) is 2.41. The predicted molar refractivity (Wildman–Crippen MR) is 77.7 cm³/mol. The van der Waals surface area contributed by atoms with Crippen molar-refractivity contribution in [3.8, 4) is 11.8 Å². The van der Waals surface area contributed by atoms with E-state index in [9.17, 15) is 9.59 Å². The van der Waals surface area contributed by atoms with Crippen LogP contribution >= 0.6 is 0 Å². The van der Waals surface area contributed by atoms with Gasteiger partial charge in [-0.25, -0.2) is 0 Å². The Bertz CT molecular complexity index is 556. The summed E-state index contributed by atoms with van der Waals surface area (Å²) >= 11 is 0. The summed E-state index contributed by atoms with van der Waals surface area (Å²) in [6.45, 7) is 3.82. The van der Waals surface area contributed by atoms with Gasteiger partial charge in [-0.3, -0.25) is 9.59 Å². The molecule has 0 heterocycles. The van der Waals surface area contributed by atoms with E-state index in [1.165, 1.54) is 4.90 Å². The number of nitrogens with zero attached hydrogens (tertiary/aromatic N) is 1. The predicted octanol–water partition coefficient (Wildman–Crippen LogP) is 0.333. The Balaban J connectivity index is 3.02. The van der Waals surface area contributed by atoms with Crippen LogP contribution < -0.4 is 11.5 Å². The first kappa shape index (κ1) is 15.7. The van der Waals surface area contributed by atoms with E-state index in [1.54, 1.807) is 24.3 Å². The van der Waals surface area contributed by atoms with E-state index in [2.05, 4.69) is 11.8 Å². The summed E-state index contributed by atoms with van der Waals surface area (Å²) in [5.41, 5.74) is 11.7. The quantitative estimate of drug-likeness (QED) is 0.775. The van der Waals surface area contributed by atoms with Crippen molar-refractivity contribution >= 4 is 11.8 Å². The second-order valence-corrected chi connectivity index (χ2v) is 4.58. The van der Waals surface area contributed by atoms with E-state index >= 15 is 0 Å². The van der Waals surface area contributed by atoms with Crippen LogP contribution in [0.5, 0.6) is 0 Å². The second kappa shape index (κ2) is 7.31. The molecule has 5 nitrogen and oxygen atoms in total. The molecule has 1 aromatic rings. The second-order valence-electron chi connectivity index (χ2n) is 4.58. The van der Waals surface area contributed by atoms with E-state index in [1.807, 2.05) is 13.8 Å². The van der Waals surface area contributed by atoms with Crippen LogP contribution in [0, 0.1) is 11.8 Å². The van der Waals surface area contributed by atoms with Gasteiger partial charge in [-0.05, 0) is 32.0 Å². The van der Waals surface area contributed by atoms with Gasteiger partial charge < -0.3 is 16.4 Å². The van der Waals surface area contributed by atoms with Gasteiger partial charge in [0.15, 0.2) is 0 Å². The van der Waals surface area contributed by atoms with E-state index in [-0.39, 0.29) is 25.0 Å². The highest BCUT2D eigenvalue weighted by Gasteiger charge is 2.20. The molecule has 0 saturated carbocycles. The molecular formula is C15H19N3O2. The third-order valence-electron chi connectivity index (χ3n) is 2.65. The maximum atomic E-state index is 12.4. The van der Waals surface area contributed by atoms with Crippen LogP contribution in [0.25, 0.3) is 0 Å². The molecule has 0 unspecified atom stereocenters. The fourth-order valence-electron chi connectivity index (χ4n) is 1.71. The SMILES string of the molecule is CC(C)N(CC(N)=O)C(=O)c1cccc(C#CCN)c1. The fraction of sp³-hybridized carbons (Fsp3) is 0.333. The molecule has 0 aromatic heterocycles. The van der Waals surface area contributed by atoms with Crippen LogP contribution in [0.15, 0.2) is 24.3 Å². The zero-order valence-electron chi connectivity index (χ0n) is 11.7. The summed E-state index contributed by atoms with van der Waals surface area (Å²) in [4.78, 5) is 24.9. The standard InChI is InChI=1S/C15H19N3O2/c1-11(2)18(10-14(17)19)15(20)13-7-3-5-12(9-13)6-4-8-16/h3,5,7,9,11H,8,10,16H2,1-2H3,(H2,17,19). The van der Waals surface area contributed by atoms with Crippen molar-refractivity contribution in [2.24, 2.45) is 11.5 Å². The lowest BCUT2D eigenvalue weighted by Gasteiger charge is -2.25. The lowest BCUT2D eigenvalue weighted by Crippen LogP contribution is -2.42. The van der Waals surface area contributed by atoms with Crippen LogP contribution in [-0.4, -0.2) is 35.8 Å². The number of hydrogen-bond acceptors (Lipinski definition) is 3. The molecule has 0 spiro atoms. The van der Waals surface area contributed by atoms with E-state index in [0.717, 1.165) is 0 Å². The Morgan fingerprint density at radius 1 is 1.35 bits per heavy atom. The van der Waals surface area contributed by atoms with Gasteiger partial charge in [-0.2, -0.15) is 0 Å². The van der Waals surface area contributed by atoms with E-state index in [4.69, 9.17) is 11.5 Å². The zero-order chi connectivity index (χ0) is 15.1. The number of hydrogen-bond donors (Lipinski definition) is 2. The molecule has 1 aromatic carbocycles. The van der Waals surface area contributed by atoms with Gasteiger partial charge in [0.05, 0.1) is 13.1 Å². The van der Waals surface area contributed by atoms with E-state index in [0.29, 0.717) is 11.1 Å². The van der Waals surface area contributed by atoms with Crippen molar-refractivity contribution in [3.63, 3.8) is 0 Å². The first-order chi connectivity index (χ1) is 9.45. The highest BCUT2D eigenvalue weighted by molar-refractivity contribution is 5.96. The molecule has 0 fully saturated rings. The third kappa shape index (κ3) is 4.41. The number of rotatable bonds is 4. The Morgan fingerprint density at radius 2 is 2.05 bits per heavy atom. The molecule has 0 bridgehead atoms. The Hall–Kier alpha value is -2.32. The smallest absolute Gasteiger partial charge is 0.254 e. The highest BCUT2D eigenvalue weighted by atomic mass is 16.2. The zero-order valence-corrected chi connectivity index (χ0v) is 11.7. The van der Waals surface area contributed by atoms with Gasteiger partial charge in [-0.15, -0.1) is 0 Å². The van der Waals surface area contributed by atoms with Gasteiger partial charge in [0, 0.05) is 17.2 Å². The largest absolute Gasteiger partial charge is 0.368 e. The maximum Gasteiger partial charge on any atom is 0.254 e. The molecule has 4 N–H and O–H groups in total. The molecule has 0 radical (unpaired) electrons. The van der Waals surface area contributed by atoms with Crippen molar-refractivity contribution in [2.45, 2.75) is 19.9 Å². The first-order valence-electron chi connectivity index (χ1n) is 6.34. The van der Waals surface area contributed by atoms with Crippen molar-refractivity contribution in [1.29, 1.82) is 0 Å². The fourth-order valence-corrected chi connectivity index (χ4v) is 1.71. The lowest BCUT2D eigenvalue weighted by molar-refractivity contribution is -0.119. The lowest BCUT2D eigenvalue weighted by atomic mass is 10.1. The summed E-state index contributed by atoms with van der Waals surface area (Å²) in [5.74, 6) is 4.83. The topological polar surface area (TPSA) is 89.4 Å². The molecule has 1 rings (SSSR count). The molecule has 106 valence electrons. The molecule has 2 amide bonds. The molecule has 5 heteroatoms. The minimum absolute atomic E-state index is 0.102. The van der Waals surface area contributed by atoms with Crippen molar-refractivity contribution < 1.29 is 9.59 Å². The average molecular weight is 273 g/mol. The molecule has 0 aliphatic heterocycles. The summed E-state index contributed by atoms with van der Waals surface area (Å²) in [7, 11) is 0. The van der Waals surface area contributed by atoms with Crippen molar-refractivity contribution in [2.75, 3.05) is 13.1 Å². The van der Waals surface area contributed by atoms with Gasteiger partial charge in [0.25, 0.3) is 5.91 Å². The van der Waals surface area contributed by atoms with Crippen LogP contribution in [0.1, 0.15) is 29.8 Å². The molecule has 0 aliphatic carbocycles. The summed E-state index contributed by atoms with van der Waals surface area (Å²) in [6, 6.07) is 6.80. The van der Waals surface area contributed by atoms with Crippen LogP contribution in [0.3, 0.4) is 0 Å². The van der Waals surface area contributed by atoms with Gasteiger partial charge in [0.1, 0.15) is 0 Å². The van der Waals surface area contributed by atoms with Gasteiger partial charge in [-0.1, -0.05) is 17.9 Å². The normalized spacial score (nSPS) is 9.80. The first-order valence-corrected chi connectivity index (χ1v) is 6.34. The minimum atomic E-state index is -0.536. The van der Waals surface area contributed by atoms with Crippen LogP contribution in [0.4, 0.5) is 0 Å². The maximum absolute atomic E-state index is 12.4. The summed E-state index contributed by atoms with van der Waals surface area (Å²) in [6.07, 6.45) is 0. The third-order valence-corrected chi connectivity index (χ3v) is 2.65. The Morgan fingerprint density at radius 3 is 2.60 bits per heavy atom. The number of benzene rings is 1. The number of amides is 2. The van der Waals surface area contributed by atoms with Gasteiger partial charge >= 0.3 is 0 Å². The van der Waals surface area contributed by atoms with Crippen LogP contribution in [0.2, 0.25) is 0 Å². The summed E-state index contributed by atoms with van der Waals surface area (Å²) < 4.78 is 0. The molecule has 0 aliphatic rings. The molecule has 0 atom stereocenters. The molecule has 20 heavy (non-hydrogen) atoms. The molecule has 0 saturated heterocycles. The highest BCUT2D eigenvalue weighted by Crippen LogP contribution is 2.10. The van der Waals surface area contributed by atoms with Crippen LogP contribution in [-0.2, 0) is 4.79 Å². The number of carbonyl (C=O) groups excluding carboxylic acids is 2.